The van der Waals surface area contributed by atoms with Gasteiger partial charge in [-0.3, -0.25) is 0 Å². The average molecular weight is 316 g/mol. The first-order valence-corrected chi connectivity index (χ1v) is 6.36. The zero-order valence-corrected chi connectivity index (χ0v) is 11.7. The van der Waals surface area contributed by atoms with Crippen LogP contribution in [0.2, 0.25) is 5.02 Å². The van der Waals surface area contributed by atoms with Crippen LogP contribution in [0, 0.1) is 0 Å². The fourth-order valence-corrected chi connectivity index (χ4v) is 2.50. The molecule has 0 spiro atoms. The van der Waals surface area contributed by atoms with Crippen LogP contribution >= 0.6 is 27.5 Å². The molecule has 17 heavy (non-hydrogen) atoms. The summed E-state index contributed by atoms with van der Waals surface area (Å²) in [6.45, 7) is 0.650. The molecule has 0 aliphatic rings. The highest BCUT2D eigenvalue weighted by atomic mass is 79.9. The van der Waals surface area contributed by atoms with Gasteiger partial charge in [0.15, 0.2) is 0 Å². The summed E-state index contributed by atoms with van der Waals surface area (Å²) < 4.78 is 0.938. The highest BCUT2D eigenvalue weighted by Gasteiger charge is 2.06. The van der Waals surface area contributed by atoms with Gasteiger partial charge in [-0.2, -0.15) is 0 Å². The molecule has 0 aliphatic heterocycles. The van der Waals surface area contributed by atoms with Crippen LogP contribution in [0.1, 0.15) is 0 Å². The van der Waals surface area contributed by atoms with E-state index in [4.69, 9.17) is 16.7 Å². The number of hydrogen-bond acceptors (Lipinski definition) is 3. The van der Waals surface area contributed by atoms with Crippen LogP contribution in [0.5, 0.6) is 0 Å². The van der Waals surface area contributed by atoms with Gasteiger partial charge in [0.05, 0.1) is 17.1 Å². The van der Waals surface area contributed by atoms with Gasteiger partial charge in [-0.05, 0) is 24.3 Å². The third-order valence-corrected chi connectivity index (χ3v) is 3.27. The number of benzene rings is 1. The van der Waals surface area contributed by atoms with E-state index in [1.165, 1.54) is 0 Å². The summed E-state index contributed by atoms with van der Waals surface area (Å²) in [5, 5.41) is 10.5. The van der Waals surface area contributed by atoms with E-state index < -0.39 is 0 Å². The molecular weight excluding hydrogens is 304 g/mol. The fourth-order valence-electron chi connectivity index (χ4n) is 1.62. The molecule has 2 aromatic rings. The van der Waals surface area contributed by atoms with Crippen LogP contribution in [0.15, 0.2) is 28.7 Å². The molecule has 0 atom stereocenters. The number of aliphatic hydroxyl groups excluding tert-OH is 1. The van der Waals surface area contributed by atoms with Crippen LogP contribution in [0.3, 0.4) is 0 Å². The smallest absolute Gasteiger partial charge is 0.129 e. The summed E-state index contributed by atoms with van der Waals surface area (Å²) in [5.41, 5.74) is 0.775. The minimum Gasteiger partial charge on any atom is -0.395 e. The molecule has 5 heteroatoms. The second-order valence-corrected chi connectivity index (χ2v) is 5.10. The molecule has 1 aromatic heterocycles. The molecule has 0 aliphatic carbocycles. The molecule has 2 rings (SSSR count). The number of aromatic nitrogens is 1. The van der Waals surface area contributed by atoms with E-state index in [1.807, 2.05) is 36.2 Å². The lowest BCUT2D eigenvalue weighted by Crippen LogP contribution is -2.22. The zero-order valence-electron chi connectivity index (χ0n) is 9.32. The topological polar surface area (TPSA) is 36.4 Å². The highest BCUT2D eigenvalue weighted by molar-refractivity contribution is 9.10. The largest absolute Gasteiger partial charge is 0.395 e. The number of rotatable bonds is 3. The molecule has 0 amide bonds. The number of aliphatic hydroxyl groups is 1. The van der Waals surface area contributed by atoms with Crippen molar-refractivity contribution in [3.05, 3.63) is 33.8 Å². The molecule has 1 N–H and O–H groups in total. The summed E-state index contributed by atoms with van der Waals surface area (Å²) in [4.78, 5) is 6.38. The first kappa shape index (κ1) is 12.6. The van der Waals surface area contributed by atoms with Crippen molar-refractivity contribution in [2.75, 3.05) is 25.1 Å². The number of anilines is 1. The van der Waals surface area contributed by atoms with Crippen molar-refractivity contribution in [1.29, 1.82) is 0 Å². The van der Waals surface area contributed by atoms with E-state index >= 15 is 0 Å². The number of halogens is 2. The van der Waals surface area contributed by atoms with Gasteiger partial charge >= 0.3 is 0 Å². The normalized spacial score (nSPS) is 10.8. The fraction of sp³-hybridized carbons (Fsp3) is 0.250. The van der Waals surface area contributed by atoms with Crippen molar-refractivity contribution in [1.82, 2.24) is 4.98 Å². The Balaban J connectivity index is 2.50. The standard InChI is InChI=1S/C12H12BrClN2O/c1-16(4-5-17)11-3-2-8-6-9(13)7-10(14)12(8)15-11/h2-3,6-7,17H,4-5H2,1H3. The van der Waals surface area contributed by atoms with Gasteiger partial charge in [0.2, 0.25) is 0 Å². The molecule has 0 fully saturated rings. The lowest BCUT2D eigenvalue weighted by atomic mass is 10.2. The average Bonchev–Trinajstić information content (AvgIpc) is 2.28. The van der Waals surface area contributed by atoms with Crippen molar-refractivity contribution in [3.8, 4) is 0 Å². The predicted octanol–water partition coefficient (Wildman–Crippen LogP) is 3.08. The molecule has 3 nitrogen and oxygen atoms in total. The van der Waals surface area contributed by atoms with Gasteiger partial charge in [-0.15, -0.1) is 0 Å². The monoisotopic (exact) mass is 314 g/mol. The SMILES string of the molecule is CN(CCO)c1ccc2cc(Br)cc(Cl)c2n1. The van der Waals surface area contributed by atoms with Crippen LogP contribution in [0.25, 0.3) is 10.9 Å². The summed E-state index contributed by atoms with van der Waals surface area (Å²) in [6, 6.07) is 7.69. The molecule has 1 heterocycles. The minimum absolute atomic E-state index is 0.101. The van der Waals surface area contributed by atoms with E-state index in [-0.39, 0.29) is 6.61 Å². The Morgan fingerprint density at radius 1 is 1.41 bits per heavy atom. The Bertz CT molecular complexity index is 547. The van der Waals surface area contributed by atoms with Gasteiger partial charge in [0.1, 0.15) is 5.82 Å². The van der Waals surface area contributed by atoms with E-state index in [2.05, 4.69) is 20.9 Å². The number of nitrogens with zero attached hydrogens (tertiary/aromatic N) is 2. The summed E-state index contributed by atoms with van der Waals surface area (Å²) in [5.74, 6) is 0.802. The number of pyridine rings is 1. The van der Waals surface area contributed by atoms with Crippen LogP contribution < -0.4 is 4.90 Å². The Labute approximate surface area is 113 Å². The van der Waals surface area contributed by atoms with Crippen molar-refractivity contribution in [2.45, 2.75) is 0 Å². The first-order chi connectivity index (χ1) is 8.11. The molecule has 90 valence electrons. The van der Waals surface area contributed by atoms with Gasteiger partial charge in [0.25, 0.3) is 0 Å². The van der Waals surface area contributed by atoms with Crippen molar-refractivity contribution >= 4 is 44.3 Å². The molecular formula is C12H12BrClN2O. The second-order valence-electron chi connectivity index (χ2n) is 3.77. The van der Waals surface area contributed by atoms with E-state index in [0.717, 1.165) is 21.2 Å². The molecule has 0 radical (unpaired) electrons. The van der Waals surface area contributed by atoms with E-state index in [1.54, 1.807) is 0 Å². The number of hydrogen-bond donors (Lipinski definition) is 1. The maximum absolute atomic E-state index is 8.90. The Morgan fingerprint density at radius 2 is 2.18 bits per heavy atom. The van der Waals surface area contributed by atoms with Gasteiger partial charge in [-0.25, -0.2) is 4.98 Å². The maximum Gasteiger partial charge on any atom is 0.129 e. The summed E-state index contributed by atoms with van der Waals surface area (Å²) in [6.07, 6.45) is 0. The number of fused-ring (bicyclic) bond motifs is 1. The van der Waals surface area contributed by atoms with Gasteiger partial charge in [-0.1, -0.05) is 27.5 Å². The lowest BCUT2D eigenvalue weighted by molar-refractivity contribution is 0.304. The first-order valence-electron chi connectivity index (χ1n) is 5.19. The second kappa shape index (κ2) is 5.21. The van der Waals surface area contributed by atoms with Gasteiger partial charge in [0, 0.05) is 23.5 Å². The van der Waals surface area contributed by atoms with Crippen molar-refractivity contribution in [2.24, 2.45) is 0 Å². The van der Waals surface area contributed by atoms with E-state index in [9.17, 15) is 0 Å². The highest BCUT2D eigenvalue weighted by Crippen LogP contribution is 2.28. The van der Waals surface area contributed by atoms with E-state index in [0.29, 0.717) is 11.6 Å². The Kier molecular flexibility index (Phi) is 3.86. The van der Waals surface area contributed by atoms with Crippen LogP contribution in [0.4, 0.5) is 5.82 Å². The minimum atomic E-state index is 0.101. The molecule has 0 bridgehead atoms. The molecule has 0 unspecified atom stereocenters. The number of likely N-dealkylation sites (N-methyl/N-ethyl adjacent to an activating group) is 1. The molecule has 1 aromatic carbocycles. The van der Waals surface area contributed by atoms with Crippen molar-refractivity contribution in [3.63, 3.8) is 0 Å². The van der Waals surface area contributed by atoms with Crippen LogP contribution in [-0.4, -0.2) is 30.3 Å². The molecule has 0 saturated heterocycles. The van der Waals surface area contributed by atoms with Crippen molar-refractivity contribution < 1.29 is 5.11 Å². The summed E-state index contributed by atoms with van der Waals surface area (Å²) in [7, 11) is 1.89. The Morgan fingerprint density at radius 3 is 2.88 bits per heavy atom. The third kappa shape index (κ3) is 2.70. The Hall–Kier alpha value is -0.840. The van der Waals surface area contributed by atoms with Gasteiger partial charge < -0.3 is 10.0 Å². The quantitative estimate of drug-likeness (QED) is 0.945. The lowest BCUT2D eigenvalue weighted by Gasteiger charge is -2.17. The third-order valence-electron chi connectivity index (χ3n) is 2.52. The van der Waals surface area contributed by atoms with Crippen LogP contribution in [-0.2, 0) is 0 Å². The molecule has 0 saturated carbocycles. The summed E-state index contributed by atoms with van der Waals surface area (Å²) >= 11 is 9.56. The maximum atomic E-state index is 8.90. The zero-order chi connectivity index (χ0) is 12.4. The predicted molar refractivity (Wildman–Crippen MR) is 74.8 cm³/mol.